The first-order valence-electron chi connectivity index (χ1n) is 8.08. The van der Waals surface area contributed by atoms with Gasteiger partial charge in [-0.15, -0.1) is 0 Å². The quantitative estimate of drug-likeness (QED) is 0.528. The number of halogens is 1. The van der Waals surface area contributed by atoms with Crippen LogP contribution in [0, 0.1) is 13.8 Å². The molecular weight excluding hydrogens is 400 g/mol. The van der Waals surface area contributed by atoms with E-state index in [-0.39, 0.29) is 12.4 Å². The molecule has 138 valence electrons. The summed E-state index contributed by atoms with van der Waals surface area (Å²) in [5, 5.41) is 13.7. The summed E-state index contributed by atoms with van der Waals surface area (Å²) in [6.07, 6.45) is 1.36. The standard InChI is InChI=1S/C19H21BrN2O4/c1-4-25-15-6-5-14(17(23)9-15)10-21-22-18(24)11-26-19-13(3)7-12(2)8-16(19)20/h5-10,23H,4,11H2,1-3H3,(H,22,24)/b21-10+. The first-order valence-corrected chi connectivity index (χ1v) is 8.87. The van der Waals surface area contributed by atoms with E-state index >= 15 is 0 Å². The van der Waals surface area contributed by atoms with E-state index in [0.717, 1.165) is 15.6 Å². The number of nitrogens with one attached hydrogen (secondary N) is 1. The average molecular weight is 421 g/mol. The van der Waals surface area contributed by atoms with E-state index in [0.29, 0.717) is 23.7 Å². The molecule has 0 atom stereocenters. The summed E-state index contributed by atoms with van der Waals surface area (Å²) in [6.45, 7) is 6.10. The van der Waals surface area contributed by atoms with Gasteiger partial charge in [-0.3, -0.25) is 4.79 Å². The van der Waals surface area contributed by atoms with Crippen molar-refractivity contribution in [3.63, 3.8) is 0 Å². The van der Waals surface area contributed by atoms with Gasteiger partial charge < -0.3 is 14.6 Å². The second-order valence-corrected chi connectivity index (χ2v) is 6.48. The molecule has 2 rings (SSSR count). The third-order valence-corrected chi connectivity index (χ3v) is 4.02. The zero-order chi connectivity index (χ0) is 19.1. The largest absolute Gasteiger partial charge is 0.507 e. The molecule has 0 aliphatic rings. The summed E-state index contributed by atoms with van der Waals surface area (Å²) < 4.78 is 11.6. The molecule has 1 amide bonds. The van der Waals surface area contributed by atoms with E-state index in [1.165, 1.54) is 12.3 Å². The molecule has 0 aliphatic heterocycles. The van der Waals surface area contributed by atoms with Crippen LogP contribution in [0.2, 0.25) is 0 Å². The van der Waals surface area contributed by atoms with E-state index in [1.54, 1.807) is 12.1 Å². The minimum atomic E-state index is -0.404. The Morgan fingerprint density at radius 3 is 2.69 bits per heavy atom. The van der Waals surface area contributed by atoms with Crippen molar-refractivity contribution < 1.29 is 19.4 Å². The van der Waals surface area contributed by atoms with Crippen LogP contribution in [0.1, 0.15) is 23.6 Å². The van der Waals surface area contributed by atoms with Gasteiger partial charge in [-0.2, -0.15) is 5.10 Å². The first-order chi connectivity index (χ1) is 12.4. The number of rotatable bonds is 7. The molecule has 0 aromatic heterocycles. The topological polar surface area (TPSA) is 80.2 Å². The number of hydrogen-bond donors (Lipinski definition) is 2. The third kappa shape index (κ3) is 5.49. The molecule has 26 heavy (non-hydrogen) atoms. The minimum absolute atomic E-state index is 0.0180. The summed E-state index contributed by atoms with van der Waals surface area (Å²) in [4.78, 5) is 11.9. The maximum atomic E-state index is 11.9. The molecule has 2 aromatic carbocycles. The molecule has 0 bridgehead atoms. The van der Waals surface area contributed by atoms with Gasteiger partial charge in [0, 0.05) is 11.6 Å². The number of hydrazone groups is 1. The van der Waals surface area contributed by atoms with Crippen LogP contribution in [0.25, 0.3) is 0 Å². The Morgan fingerprint density at radius 2 is 2.04 bits per heavy atom. The molecule has 2 aromatic rings. The molecule has 0 unspecified atom stereocenters. The molecule has 0 saturated heterocycles. The lowest BCUT2D eigenvalue weighted by Crippen LogP contribution is -2.24. The van der Waals surface area contributed by atoms with Crippen LogP contribution in [-0.2, 0) is 4.79 Å². The Balaban J connectivity index is 1.90. The van der Waals surface area contributed by atoms with Crippen LogP contribution < -0.4 is 14.9 Å². The van der Waals surface area contributed by atoms with Crippen LogP contribution in [0.5, 0.6) is 17.2 Å². The normalized spacial score (nSPS) is 10.8. The Hall–Kier alpha value is -2.54. The molecule has 0 fully saturated rings. The van der Waals surface area contributed by atoms with E-state index in [2.05, 4.69) is 26.5 Å². The fourth-order valence-electron chi connectivity index (χ4n) is 2.32. The Kier molecular flexibility index (Phi) is 7.03. The second-order valence-electron chi connectivity index (χ2n) is 5.63. The van der Waals surface area contributed by atoms with Gasteiger partial charge in [0.1, 0.15) is 17.2 Å². The molecule has 0 saturated carbocycles. The van der Waals surface area contributed by atoms with Gasteiger partial charge in [0.25, 0.3) is 5.91 Å². The number of nitrogens with zero attached hydrogens (tertiary/aromatic N) is 1. The zero-order valence-electron chi connectivity index (χ0n) is 14.9. The number of carbonyl (C=O) groups excluding carboxylic acids is 1. The Labute approximate surface area is 161 Å². The summed E-state index contributed by atoms with van der Waals surface area (Å²) in [5.41, 5.74) is 4.87. The highest BCUT2D eigenvalue weighted by Crippen LogP contribution is 2.30. The minimum Gasteiger partial charge on any atom is -0.507 e. The van der Waals surface area contributed by atoms with E-state index < -0.39 is 5.91 Å². The lowest BCUT2D eigenvalue weighted by Gasteiger charge is -2.11. The van der Waals surface area contributed by atoms with Crippen molar-refractivity contribution in [2.75, 3.05) is 13.2 Å². The molecule has 0 heterocycles. The van der Waals surface area contributed by atoms with Gasteiger partial charge >= 0.3 is 0 Å². The van der Waals surface area contributed by atoms with E-state index in [9.17, 15) is 9.90 Å². The molecular formula is C19H21BrN2O4. The van der Waals surface area contributed by atoms with Crippen molar-refractivity contribution >= 4 is 28.1 Å². The Bertz CT molecular complexity index is 798. The van der Waals surface area contributed by atoms with Crippen molar-refractivity contribution in [1.29, 1.82) is 0 Å². The summed E-state index contributed by atoms with van der Waals surface area (Å²) in [6, 6.07) is 8.76. The van der Waals surface area contributed by atoms with Gasteiger partial charge in [-0.1, -0.05) is 6.07 Å². The van der Waals surface area contributed by atoms with Crippen molar-refractivity contribution in [3.8, 4) is 17.2 Å². The maximum Gasteiger partial charge on any atom is 0.277 e. The number of phenols is 1. The lowest BCUT2D eigenvalue weighted by molar-refractivity contribution is -0.123. The molecule has 0 aliphatic carbocycles. The first kappa shape index (κ1) is 19.8. The average Bonchev–Trinajstić information content (AvgIpc) is 2.56. The highest BCUT2D eigenvalue weighted by atomic mass is 79.9. The molecule has 7 heteroatoms. The summed E-state index contributed by atoms with van der Waals surface area (Å²) >= 11 is 3.43. The summed E-state index contributed by atoms with van der Waals surface area (Å²) in [7, 11) is 0. The smallest absolute Gasteiger partial charge is 0.277 e. The highest BCUT2D eigenvalue weighted by molar-refractivity contribution is 9.10. The number of benzene rings is 2. The fraction of sp³-hybridized carbons (Fsp3) is 0.263. The number of aromatic hydroxyl groups is 1. The SMILES string of the molecule is CCOc1ccc(/C=N/NC(=O)COc2c(C)cc(C)cc2Br)c(O)c1. The fourth-order valence-corrected chi connectivity index (χ4v) is 3.11. The maximum absolute atomic E-state index is 11.9. The monoisotopic (exact) mass is 420 g/mol. The molecule has 6 nitrogen and oxygen atoms in total. The predicted molar refractivity (Wildman–Crippen MR) is 104 cm³/mol. The van der Waals surface area contributed by atoms with Crippen LogP contribution in [0.15, 0.2) is 39.9 Å². The highest BCUT2D eigenvalue weighted by Gasteiger charge is 2.09. The third-order valence-electron chi connectivity index (χ3n) is 3.43. The van der Waals surface area contributed by atoms with E-state index in [1.807, 2.05) is 32.9 Å². The Morgan fingerprint density at radius 1 is 1.27 bits per heavy atom. The lowest BCUT2D eigenvalue weighted by atomic mass is 10.1. The van der Waals surface area contributed by atoms with Crippen LogP contribution in [-0.4, -0.2) is 30.4 Å². The van der Waals surface area contributed by atoms with E-state index in [4.69, 9.17) is 9.47 Å². The van der Waals surface area contributed by atoms with Crippen LogP contribution in [0.3, 0.4) is 0 Å². The van der Waals surface area contributed by atoms with Gasteiger partial charge in [0.05, 0.1) is 17.3 Å². The van der Waals surface area contributed by atoms with Crippen LogP contribution >= 0.6 is 15.9 Å². The number of hydrogen-bond acceptors (Lipinski definition) is 5. The zero-order valence-corrected chi connectivity index (χ0v) is 16.5. The summed E-state index contributed by atoms with van der Waals surface area (Å²) in [5.74, 6) is 0.806. The molecule has 0 radical (unpaired) electrons. The predicted octanol–water partition coefficient (Wildman–Crippen LogP) is 3.70. The number of carbonyl (C=O) groups is 1. The van der Waals surface area contributed by atoms with Gasteiger partial charge in [0.2, 0.25) is 0 Å². The van der Waals surface area contributed by atoms with Crippen molar-refractivity contribution in [2.45, 2.75) is 20.8 Å². The number of phenolic OH excluding ortho intramolecular Hbond substituents is 1. The van der Waals surface area contributed by atoms with Crippen molar-refractivity contribution in [3.05, 3.63) is 51.5 Å². The number of ether oxygens (including phenoxy) is 2. The van der Waals surface area contributed by atoms with Crippen LogP contribution in [0.4, 0.5) is 0 Å². The molecule has 0 spiro atoms. The van der Waals surface area contributed by atoms with Gasteiger partial charge in [-0.25, -0.2) is 5.43 Å². The number of aryl methyl sites for hydroxylation is 2. The second kappa shape index (κ2) is 9.24. The number of amides is 1. The molecule has 2 N–H and O–H groups in total. The van der Waals surface area contributed by atoms with Crippen molar-refractivity contribution in [1.82, 2.24) is 5.43 Å². The van der Waals surface area contributed by atoms with Crippen molar-refractivity contribution in [2.24, 2.45) is 5.10 Å². The van der Waals surface area contributed by atoms with Gasteiger partial charge in [-0.05, 0) is 66.0 Å². The van der Waals surface area contributed by atoms with Gasteiger partial charge in [0.15, 0.2) is 6.61 Å².